The number of nitrogens with zero attached hydrogens (tertiary/aromatic N) is 2. The van der Waals surface area contributed by atoms with E-state index in [1.165, 1.54) is 42.4 Å². The second-order valence-electron chi connectivity index (χ2n) is 6.52. The monoisotopic (exact) mass is 393 g/mol. The van der Waals surface area contributed by atoms with E-state index >= 15 is 0 Å². The number of benzene rings is 1. The molecule has 7 heteroatoms. The topological polar surface area (TPSA) is 46.9 Å². The summed E-state index contributed by atoms with van der Waals surface area (Å²) in [7, 11) is 0. The van der Waals surface area contributed by atoms with E-state index in [-0.39, 0.29) is 11.2 Å². The molecule has 0 unspecified atom stereocenters. The summed E-state index contributed by atoms with van der Waals surface area (Å²) in [5.41, 5.74) is 0.948. The van der Waals surface area contributed by atoms with Gasteiger partial charge >= 0.3 is 0 Å². The van der Waals surface area contributed by atoms with Gasteiger partial charge in [0.2, 0.25) is 5.91 Å². The number of carbonyl (C=O) groups excluding carboxylic acids is 1. The summed E-state index contributed by atoms with van der Waals surface area (Å²) in [6, 6.07) is 10.2. The Kier molecular flexibility index (Phi) is 6.30. The smallest absolute Gasteiger partial charge is 0.233 e. The van der Waals surface area contributed by atoms with Crippen molar-refractivity contribution in [3.8, 4) is 5.69 Å². The highest BCUT2D eigenvalue weighted by molar-refractivity contribution is 8.02. The number of nitrogens with one attached hydrogen (secondary N) is 1. The third-order valence-corrected chi connectivity index (χ3v) is 7.03. The molecule has 25 heavy (non-hydrogen) atoms. The van der Waals surface area contributed by atoms with Crippen LogP contribution in [0.2, 0.25) is 0 Å². The predicted molar refractivity (Wildman–Crippen MR) is 107 cm³/mol. The zero-order valence-electron chi connectivity index (χ0n) is 14.5. The maximum Gasteiger partial charge on any atom is 0.233 e. The maximum absolute atomic E-state index is 12.5. The molecule has 4 nitrogen and oxygen atoms in total. The summed E-state index contributed by atoms with van der Waals surface area (Å²) in [4.78, 5) is 12.5. The van der Waals surface area contributed by atoms with Gasteiger partial charge in [0, 0.05) is 6.04 Å². The van der Waals surface area contributed by atoms with Crippen molar-refractivity contribution in [2.24, 2.45) is 5.92 Å². The van der Waals surface area contributed by atoms with E-state index < -0.39 is 0 Å². The number of thioether (sulfide) groups is 1. The predicted octanol–water partition coefficient (Wildman–Crippen LogP) is 4.84. The molecular formula is C18H23N3OS3. The molecular weight excluding hydrogens is 370 g/mol. The minimum atomic E-state index is -0.182. The van der Waals surface area contributed by atoms with Crippen molar-refractivity contribution in [1.82, 2.24) is 15.1 Å². The lowest BCUT2D eigenvalue weighted by molar-refractivity contribution is -0.121. The van der Waals surface area contributed by atoms with Gasteiger partial charge in [-0.05, 0) is 50.0 Å². The normalized spacial score (nSPS) is 21.7. The molecule has 1 heterocycles. The van der Waals surface area contributed by atoms with Crippen LogP contribution in [-0.4, -0.2) is 27.0 Å². The molecule has 1 N–H and O–H groups in total. The van der Waals surface area contributed by atoms with Crippen molar-refractivity contribution in [3.05, 3.63) is 34.3 Å². The van der Waals surface area contributed by atoms with Crippen LogP contribution in [0.3, 0.4) is 0 Å². The van der Waals surface area contributed by atoms with Crippen LogP contribution < -0.4 is 5.32 Å². The van der Waals surface area contributed by atoms with Gasteiger partial charge in [-0.25, -0.2) is 4.68 Å². The molecule has 0 radical (unpaired) electrons. The van der Waals surface area contributed by atoms with Crippen LogP contribution in [0, 0.1) is 9.87 Å². The molecule has 0 spiro atoms. The molecule has 1 aromatic carbocycles. The second kappa shape index (κ2) is 8.47. The molecule has 1 aliphatic rings. The number of hydrogen-bond donors (Lipinski definition) is 1. The lowest BCUT2D eigenvalue weighted by Gasteiger charge is -2.30. The maximum atomic E-state index is 12.5. The van der Waals surface area contributed by atoms with E-state index in [1.807, 2.05) is 37.3 Å². The van der Waals surface area contributed by atoms with Crippen LogP contribution in [0.15, 0.2) is 34.7 Å². The highest BCUT2D eigenvalue weighted by atomic mass is 32.2. The summed E-state index contributed by atoms with van der Waals surface area (Å²) in [6.45, 7) is 4.17. The first-order valence-corrected chi connectivity index (χ1v) is 10.8. The molecule has 1 fully saturated rings. The molecule has 2 aromatic rings. The minimum Gasteiger partial charge on any atom is -0.352 e. The average molecular weight is 394 g/mol. The van der Waals surface area contributed by atoms with Gasteiger partial charge in [-0.3, -0.25) is 4.79 Å². The van der Waals surface area contributed by atoms with Gasteiger partial charge in [-0.1, -0.05) is 61.1 Å². The quantitative estimate of drug-likeness (QED) is 0.583. The molecule has 0 saturated heterocycles. The Morgan fingerprint density at radius 1 is 1.36 bits per heavy atom. The molecule has 1 amide bonds. The van der Waals surface area contributed by atoms with Gasteiger partial charge in [0.25, 0.3) is 0 Å². The Hall–Kier alpha value is -1.18. The highest BCUT2D eigenvalue weighted by Crippen LogP contribution is 2.29. The molecule has 1 aliphatic carbocycles. The molecule has 1 aromatic heterocycles. The zero-order chi connectivity index (χ0) is 17.8. The van der Waals surface area contributed by atoms with Crippen molar-refractivity contribution in [2.75, 3.05) is 0 Å². The first kappa shape index (κ1) is 18.6. The molecule has 3 atom stereocenters. The van der Waals surface area contributed by atoms with Crippen LogP contribution in [-0.2, 0) is 4.79 Å². The van der Waals surface area contributed by atoms with E-state index in [0.717, 1.165) is 16.4 Å². The molecule has 3 rings (SSSR count). The third-order valence-electron chi connectivity index (χ3n) is 4.62. The average Bonchev–Trinajstić information content (AvgIpc) is 2.98. The van der Waals surface area contributed by atoms with Crippen molar-refractivity contribution in [2.45, 2.75) is 55.2 Å². The van der Waals surface area contributed by atoms with E-state index in [4.69, 9.17) is 12.2 Å². The minimum absolute atomic E-state index is 0.0936. The van der Waals surface area contributed by atoms with E-state index in [2.05, 4.69) is 17.3 Å². The number of rotatable bonds is 5. The van der Waals surface area contributed by atoms with Gasteiger partial charge < -0.3 is 5.32 Å². The van der Waals surface area contributed by atoms with Gasteiger partial charge in [-0.2, -0.15) is 0 Å². The van der Waals surface area contributed by atoms with Crippen molar-refractivity contribution in [3.63, 3.8) is 0 Å². The summed E-state index contributed by atoms with van der Waals surface area (Å²) in [5, 5.41) is 7.62. The van der Waals surface area contributed by atoms with E-state index in [0.29, 0.717) is 15.9 Å². The standard InChI is InChI=1S/C18H23N3OS3/c1-12-8-6-7-11-15(12)19-16(22)13(2)24-17-20-21(18(23)25-17)14-9-4-3-5-10-14/h3-5,9-10,12-13,15H,6-8,11H2,1-2H3,(H,19,22)/t12-,13+,15-/m0/s1. The Balaban J connectivity index is 1.64. The number of carbonyl (C=O) groups is 1. The number of para-hydroxylation sites is 1. The zero-order valence-corrected chi connectivity index (χ0v) is 16.9. The SMILES string of the molecule is C[C@@H](Sc1nn(-c2ccccc2)c(=S)s1)C(=O)N[C@H]1CCCC[C@@H]1C. The van der Waals surface area contributed by atoms with Crippen molar-refractivity contribution in [1.29, 1.82) is 0 Å². The van der Waals surface area contributed by atoms with E-state index in [1.54, 1.807) is 4.68 Å². The molecule has 134 valence electrons. The molecule has 0 aliphatic heterocycles. The molecule has 0 bridgehead atoms. The Morgan fingerprint density at radius 3 is 2.80 bits per heavy atom. The number of amides is 1. The Labute approximate surface area is 162 Å². The third kappa shape index (κ3) is 4.71. The lowest BCUT2D eigenvalue weighted by Crippen LogP contribution is -2.44. The highest BCUT2D eigenvalue weighted by Gasteiger charge is 2.25. The van der Waals surface area contributed by atoms with Gasteiger partial charge in [0.05, 0.1) is 10.9 Å². The largest absolute Gasteiger partial charge is 0.352 e. The van der Waals surface area contributed by atoms with Crippen LogP contribution in [0.5, 0.6) is 0 Å². The first-order valence-electron chi connectivity index (χ1n) is 8.67. The fourth-order valence-corrected chi connectivity index (χ4v) is 5.59. The van der Waals surface area contributed by atoms with Crippen molar-refractivity contribution < 1.29 is 4.79 Å². The second-order valence-corrected chi connectivity index (χ2v) is 9.73. The summed E-state index contributed by atoms with van der Waals surface area (Å²) < 4.78 is 3.28. The first-order chi connectivity index (χ1) is 12.0. The fourth-order valence-electron chi connectivity index (χ4n) is 3.08. The van der Waals surface area contributed by atoms with Crippen LogP contribution >= 0.6 is 35.3 Å². The van der Waals surface area contributed by atoms with Crippen molar-refractivity contribution >= 4 is 41.2 Å². The van der Waals surface area contributed by atoms with Crippen LogP contribution in [0.1, 0.15) is 39.5 Å². The number of aromatic nitrogens is 2. The van der Waals surface area contributed by atoms with Crippen LogP contribution in [0.4, 0.5) is 0 Å². The van der Waals surface area contributed by atoms with E-state index in [9.17, 15) is 4.79 Å². The fraction of sp³-hybridized carbons (Fsp3) is 0.500. The summed E-state index contributed by atoms with van der Waals surface area (Å²) >= 11 is 8.35. The Morgan fingerprint density at radius 2 is 2.08 bits per heavy atom. The van der Waals surface area contributed by atoms with Gasteiger partial charge in [0.15, 0.2) is 8.29 Å². The van der Waals surface area contributed by atoms with Crippen LogP contribution in [0.25, 0.3) is 5.69 Å². The Bertz CT molecular complexity index is 771. The van der Waals surface area contributed by atoms with Gasteiger partial charge in [-0.15, -0.1) is 5.10 Å². The number of hydrogen-bond acceptors (Lipinski definition) is 5. The van der Waals surface area contributed by atoms with Gasteiger partial charge in [0.1, 0.15) is 0 Å². The lowest BCUT2D eigenvalue weighted by atomic mass is 9.86. The summed E-state index contributed by atoms with van der Waals surface area (Å²) in [6.07, 6.45) is 4.78. The summed E-state index contributed by atoms with van der Waals surface area (Å²) in [5.74, 6) is 0.658. The molecule has 1 saturated carbocycles.